The van der Waals surface area contributed by atoms with Crippen molar-refractivity contribution in [3.05, 3.63) is 41.5 Å². The van der Waals surface area contributed by atoms with Crippen molar-refractivity contribution >= 4 is 10.0 Å². The van der Waals surface area contributed by atoms with Gasteiger partial charge in [-0.15, -0.1) is 0 Å². The zero-order chi connectivity index (χ0) is 18.6. The minimum Gasteiger partial charge on any atom is -0.340 e. The van der Waals surface area contributed by atoms with Crippen molar-refractivity contribution in [3.8, 4) is 0 Å². The van der Waals surface area contributed by atoms with Crippen molar-refractivity contribution in [2.75, 3.05) is 0 Å². The molecule has 1 heterocycles. The molecule has 1 saturated carbocycles. The van der Waals surface area contributed by atoms with Gasteiger partial charge in [0.15, 0.2) is 5.82 Å². The number of hydrogen-bond donors (Lipinski definition) is 1. The third-order valence-electron chi connectivity index (χ3n) is 5.01. The van der Waals surface area contributed by atoms with E-state index in [1.165, 1.54) is 0 Å². The van der Waals surface area contributed by atoms with Gasteiger partial charge in [0.25, 0.3) is 0 Å². The van der Waals surface area contributed by atoms with Crippen LogP contribution in [0.2, 0.25) is 0 Å². The Labute approximate surface area is 155 Å². The first-order valence-corrected chi connectivity index (χ1v) is 10.9. The van der Waals surface area contributed by atoms with E-state index in [0.717, 1.165) is 44.1 Å². The fourth-order valence-corrected chi connectivity index (χ4v) is 5.06. The number of rotatable bonds is 6. The third kappa shape index (κ3) is 4.15. The van der Waals surface area contributed by atoms with Gasteiger partial charge < -0.3 is 4.52 Å². The van der Waals surface area contributed by atoms with E-state index in [2.05, 4.69) is 21.8 Å². The van der Waals surface area contributed by atoms with Crippen molar-refractivity contribution in [1.29, 1.82) is 0 Å². The first-order chi connectivity index (χ1) is 12.5. The average Bonchev–Trinajstić information content (AvgIpc) is 2.92. The Bertz CT molecular complexity index is 820. The maximum absolute atomic E-state index is 13.1. The molecule has 0 amide bonds. The molecule has 142 valence electrons. The van der Waals surface area contributed by atoms with Crippen LogP contribution in [0, 0.1) is 6.92 Å². The Balaban J connectivity index is 1.92. The monoisotopic (exact) mass is 377 g/mol. The standard InChI is InChI=1S/C19H27N3O3S/c1-3-8-16-9-11-17(12-10-16)26(23,24)22-19(13-6-4-5-7-14-19)18-20-15(2)25-21-18/h9-12,22H,3-8,13-14H2,1-2H3. The molecule has 0 spiro atoms. The number of benzene rings is 1. The summed E-state index contributed by atoms with van der Waals surface area (Å²) >= 11 is 0. The highest BCUT2D eigenvalue weighted by molar-refractivity contribution is 7.89. The highest BCUT2D eigenvalue weighted by atomic mass is 32.2. The van der Waals surface area contributed by atoms with Gasteiger partial charge in [-0.25, -0.2) is 8.42 Å². The van der Waals surface area contributed by atoms with E-state index in [9.17, 15) is 8.42 Å². The SMILES string of the molecule is CCCc1ccc(S(=O)(=O)NC2(c3noc(C)n3)CCCCCC2)cc1. The Morgan fingerprint density at radius 3 is 2.31 bits per heavy atom. The predicted molar refractivity (Wildman–Crippen MR) is 99.2 cm³/mol. The van der Waals surface area contributed by atoms with Crippen molar-refractivity contribution < 1.29 is 12.9 Å². The average molecular weight is 378 g/mol. The largest absolute Gasteiger partial charge is 0.340 e. The topological polar surface area (TPSA) is 85.1 Å². The number of sulfonamides is 1. The van der Waals surface area contributed by atoms with Crippen LogP contribution in [0.5, 0.6) is 0 Å². The molecular formula is C19H27N3O3S. The van der Waals surface area contributed by atoms with E-state index in [1.807, 2.05) is 12.1 Å². The van der Waals surface area contributed by atoms with E-state index in [-0.39, 0.29) is 4.90 Å². The number of nitrogens with zero attached hydrogens (tertiary/aromatic N) is 2. The Hall–Kier alpha value is -1.73. The molecule has 3 rings (SSSR count). The van der Waals surface area contributed by atoms with Crippen LogP contribution in [0.4, 0.5) is 0 Å². The molecule has 0 saturated heterocycles. The molecule has 1 fully saturated rings. The van der Waals surface area contributed by atoms with Crippen LogP contribution in [0.15, 0.2) is 33.7 Å². The quantitative estimate of drug-likeness (QED) is 0.773. The zero-order valence-corrected chi connectivity index (χ0v) is 16.3. The lowest BCUT2D eigenvalue weighted by Crippen LogP contribution is -2.46. The van der Waals surface area contributed by atoms with Gasteiger partial charge in [-0.2, -0.15) is 9.71 Å². The Morgan fingerprint density at radius 1 is 1.12 bits per heavy atom. The van der Waals surface area contributed by atoms with E-state index in [4.69, 9.17) is 4.52 Å². The molecule has 1 aromatic heterocycles. The fraction of sp³-hybridized carbons (Fsp3) is 0.579. The second-order valence-electron chi connectivity index (χ2n) is 7.13. The van der Waals surface area contributed by atoms with Crippen LogP contribution in [-0.4, -0.2) is 18.6 Å². The van der Waals surface area contributed by atoms with Gasteiger partial charge in [0.1, 0.15) is 0 Å². The zero-order valence-electron chi connectivity index (χ0n) is 15.5. The lowest BCUT2D eigenvalue weighted by atomic mass is 9.91. The predicted octanol–water partition coefficient (Wildman–Crippen LogP) is 3.86. The van der Waals surface area contributed by atoms with Crippen molar-refractivity contribution in [2.24, 2.45) is 0 Å². The Morgan fingerprint density at radius 2 is 1.77 bits per heavy atom. The van der Waals surface area contributed by atoms with Gasteiger partial charge in [0, 0.05) is 6.92 Å². The molecule has 26 heavy (non-hydrogen) atoms. The molecule has 0 radical (unpaired) electrons. The molecule has 1 aliphatic carbocycles. The summed E-state index contributed by atoms with van der Waals surface area (Å²) in [6.07, 6.45) is 7.39. The van der Waals surface area contributed by atoms with E-state index >= 15 is 0 Å². The molecule has 1 N–H and O–H groups in total. The first-order valence-electron chi connectivity index (χ1n) is 9.39. The van der Waals surface area contributed by atoms with Crippen LogP contribution in [-0.2, 0) is 22.0 Å². The van der Waals surface area contributed by atoms with Gasteiger partial charge in [-0.3, -0.25) is 0 Å². The molecule has 0 aliphatic heterocycles. The second-order valence-corrected chi connectivity index (χ2v) is 8.82. The van der Waals surface area contributed by atoms with E-state index in [0.29, 0.717) is 24.6 Å². The summed E-state index contributed by atoms with van der Waals surface area (Å²) in [6.45, 7) is 3.83. The summed E-state index contributed by atoms with van der Waals surface area (Å²) in [5.74, 6) is 0.898. The smallest absolute Gasteiger partial charge is 0.241 e. The van der Waals surface area contributed by atoms with Gasteiger partial charge in [0.2, 0.25) is 15.9 Å². The van der Waals surface area contributed by atoms with Crippen molar-refractivity contribution in [1.82, 2.24) is 14.9 Å². The summed E-state index contributed by atoms with van der Waals surface area (Å²) < 4.78 is 34.2. The van der Waals surface area contributed by atoms with Gasteiger partial charge in [-0.05, 0) is 37.0 Å². The summed E-state index contributed by atoms with van der Waals surface area (Å²) in [7, 11) is -3.68. The summed E-state index contributed by atoms with van der Waals surface area (Å²) in [5, 5.41) is 4.06. The summed E-state index contributed by atoms with van der Waals surface area (Å²) in [5.41, 5.74) is 0.347. The minimum absolute atomic E-state index is 0.279. The van der Waals surface area contributed by atoms with Crippen LogP contribution in [0.3, 0.4) is 0 Å². The Kier molecular flexibility index (Phi) is 5.77. The first kappa shape index (κ1) is 19.0. The minimum atomic E-state index is -3.68. The van der Waals surface area contributed by atoms with Crippen molar-refractivity contribution in [2.45, 2.75) is 75.6 Å². The van der Waals surface area contributed by atoms with Gasteiger partial charge in [-0.1, -0.05) is 56.3 Å². The maximum atomic E-state index is 13.1. The molecule has 7 heteroatoms. The number of nitrogens with one attached hydrogen (secondary N) is 1. The molecular weight excluding hydrogens is 350 g/mol. The van der Waals surface area contributed by atoms with Crippen LogP contribution >= 0.6 is 0 Å². The molecule has 2 aromatic rings. The summed E-state index contributed by atoms with van der Waals surface area (Å²) in [4.78, 5) is 4.64. The van der Waals surface area contributed by atoms with Crippen LogP contribution in [0.1, 0.15) is 69.1 Å². The molecule has 1 aromatic carbocycles. The second kappa shape index (κ2) is 7.88. The lowest BCUT2D eigenvalue weighted by molar-refractivity contribution is 0.301. The normalized spacial score (nSPS) is 17.8. The fourth-order valence-electron chi connectivity index (χ4n) is 3.64. The number of aryl methyl sites for hydroxylation is 2. The van der Waals surface area contributed by atoms with Gasteiger partial charge >= 0.3 is 0 Å². The lowest BCUT2D eigenvalue weighted by Gasteiger charge is -2.30. The van der Waals surface area contributed by atoms with E-state index in [1.54, 1.807) is 19.1 Å². The number of aromatic nitrogens is 2. The third-order valence-corrected chi connectivity index (χ3v) is 6.57. The highest BCUT2D eigenvalue weighted by Gasteiger charge is 2.41. The van der Waals surface area contributed by atoms with Crippen molar-refractivity contribution in [3.63, 3.8) is 0 Å². The maximum Gasteiger partial charge on any atom is 0.241 e. The van der Waals surface area contributed by atoms with Gasteiger partial charge in [0.05, 0.1) is 10.4 Å². The van der Waals surface area contributed by atoms with Crippen LogP contribution < -0.4 is 4.72 Å². The molecule has 1 aliphatic rings. The van der Waals surface area contributed by atoms with Crippen LogP contribution in [0.25, 0.3) is 0 Å². The molecule has 6 nitrogen and oxygen atoms in total. The molecule has 0 atom stereocenters. The summed E-state index contributed by atoms with van der Waals surface area (Å²) in [6, 6.07) is 7.13. The van der Waals surface area contributed by atoms with E-state index < -0.39 is 15.6 Å². The molecule has 0 unspecified atom stereocenters. The molecule has 0 bridgehead atoms. The highest BCUT2D eigenvalue weighted by Crippen LogP contribution is 2.36. The number of hydrogen-bond acceptors (Lipinski definition) is 5.